The lowest BCUT2D eigenvalue weighted by Crippen LogP contribution is -1.99. The second-order valence-electron chi connectivity index (χ2n) is 8.13. The van der Waals surface area contributed by atoms with Crippen LogP contribution >= 0.6 is 0 Å². The molecule has 0 radical (unpaired) electrons. The minimum Gasteiger partial charge on any atom is -0.478 e. The molecule has 170 valence electrons. The highest BCUT2D eigenvalue weighted by Crippen LogP contribution is 2.28. The Balaban J connectivity index is 1.43. The first kappa shape index (κ1) is 22.1. The number of benzene rings is 5. The van der Waals surface area contributed by atoms with Gasteiger partial charge in [-0.15, -0.1) is 0 Å². The molecule has 0 aromatic heterocycles. The summed E-state index contributed by atoms with van der Waals surface area (Å²) in [5, 5.41) is 11.7. The average molecular weight is 461 g/mol. The van der Waals surface area contributed by atoms with Crippen LogP contribution in [-0.4, -0.2) is 11.1 Å². The topological polar surface area (TPSA) is 46.5 Å². The molecule has 1 N–H and O–H groups in total. The first-order valence-electron chi connectivity index (χ1n) is 11.1. The van der Waals surface area contributed by atoms with Crippen LogP contribution in [0.1, 0.15) is 21.5 Å². The van der Waals surface area contributed by atoms with Crippen LogP contribution in [-0.2, 0) is 0 Å². The van der Waals surface area contributed by atoms with E-state index in [0.29, 0.717) is 5.56 Å². The fraction of sp³-hybridized carbons (Fsp3) is 0. The normalized spacial score (nSPS) is 11.1. The van der Waals surface area contributed by atoms with Gasteiger partial charge in [-0.05, 0) is 87.6 Å². The van der Waals surface area contributed by atoms with Crippen LogP contribution < -0.4 is 4.74 Å². The number of fused-ring (bicyclic) bond motifs is 1. The molecule has 0 saturated carbocycles. The molecule has 0 bridgehead atoms. The van der Waals surface area contributed by atoms with Gasteiger partial charge in [-0.1, -0.05) is 66.7 Å². The molecule has 35 heavy (non-hydrogen) atoms. The maximum atomic E-state index is 13.3. The van der Waals surface area contributed by atoms with Gasteiger partial charge in [0.1, 0.15) is 17.3 Å². The maximum absolute atomic E-state index is 13.3. The minimum atomic E-state index is -1.00. The van der Waals surface area contributed by atoms with Gasteiger partial charge in [0, 0.05) is 0 Å². The van der Waals surface area contributed by atoms with Gasteiger partial charge < -0.3 is 9.84 Å². The van der Waals surface area contributed by atoms with Crippen LogP contribution in [0.2, 0.25) is 0 Å². The highest BCUT2D eigenvalue weighted by atomic mass is 19.1. The Hall–Kier alpha value is -4.70. The molecular weight excluding hydrogens is 439 g/mol. The zero-order chi connectivity index (χ0) is 24.2. The van der Waals surface area contributed by atoms with E-state index >= 15 is 0 Å². The van der Waals surface area contributed by atoms with Crippen molar-refractivity contribution in [3.63, 3.8) is 0 Å². The molecule has 0 aliphatic rings. The van der Waals surface area contributed by atoms with Crippen LogP contribution in [0.25, 0.3) is 34.1 Å². The summed E-state index contributed by atoms with van der Waals surface area (Å²) in [6, 6.07) is 32.8. The zero-order valence-electron chi connectivity index (χ0n) is 18.7. The van der Waals surface area contributed by atoms with Crippen LogP contribution in [0.4, 0.5) is 4.39 Å². The highest BCUT2D eigenvalue weighted by molar-refractivity contribution is 5.95. The third kappa shape index (κ3) is 5.12. The van der Waals surface area contributed by atoms with Crippen molar-refractivity contribution in [2.24, 2.45) is 0 Å². The standard InChI is InChI=1S/C31H21FO3/c32-27-14-10-22(11-15-27)24-13-17-30(31(33)34)26(19-24)9-7-21-6-8-25-20-29(16-12-23(25)18-21)35-28-4-2-1-3-5-28/h1-20H,(H,33,34)/b9-7+. The SMILES string of the molecule is O=C(O)c1ccc(-c2ccc(F)cc2)cc1/C=C/c1ccc2cc(Oc3ccccc3)ccc2c1. The molecule has 0 aliphatic carbocycles. The van der Waals surface area contributed by atoms with Gasteiger partial charge >= 0.3 is 5.97 Å². The molecule has 5 rings (SSSR count). The van der Waals surface area contributed by atoms with E-state index in [1.54, 1.807) is 36.4 Å². The molecule has 5 aromatic carbocycles. The number of carboxylic acids is 1. The lowest BCUT2D eigenvalue weighted by Gasteiger charge is -2.08. The van der Waals surface area contributed by atoms with E-state index in [-0.39, 0.29) is 11.4 Å². The van der Waals surface area contributed by atoms with Gasteiger partial charge in [0.25, 0.3) is 0 Å². The summed E-state index contributed by atoms with van der Waals surface area (Å²) in [6.07, 6.45) is 3.69. The summed E-state index contributed by atoms with van der Waals surface area (Å²) < 4.78 is 19.2. The Bertz CT molecular complexity index is 1540. The quantitative estimate of drug-likeness (QED) is 0.259. The van der Waals surface area contributed by atoms with Crippen molar-refractivity contribution in [1.82, 2.24) is 0 Å². The Morgan fingerprint density at radius 1 is 0.686 bits per heavy atom. The minimum absolute atomic E-state index is 0.204. The first-order chi connectivity index (χ1) is 17.0. The second kappa shape index (κ2) is 9.65. The Labute approximate surface area is 202 Å². The van der Waals surface area contributed by atoms with E-state index < -0.39 is 5.97 Å². The Morgan fingerprint density at radius 3 is 2.17 bits per heavy atom. The van der Waals surface area contributed by atoms with Crippen molar-refractivity contribution < 1.29 is 19.0 Å². The third-order valence-corrected chi connectivity index (χ3v) is 5.73. The van der Waals surface area contributed by atoms with Gasteiger partial charge in [0.15, 0.2) is 0 Å². The molecule has 5 aromatic rings. The molecular formula is C31H21FO3. The van der Waals surface area contributed by atoms with Crippen LogP contribution in [0, 0.1) is 5.82 Å². The number of carboxylic acid groups (broad SMARTS) is 1. The number of aromatic carboxylic acids is 1. The largest absolute Gasteiger partial charge is 0.478 e. The number of ether oxygens (including phenoxy) is 1. The van der Waals surface area contributed by atoms with Gasteiger partial charge in [0.05, 0.1) is 5.56 Å². The predicted molar refractivity (Wildman–Crippen MR) is 138 cm³/mol. The number of para-hydroxylation sites is 1. The smallest absolute Gasteiger partial charge is 0.336 e. The molecule has 3 nitrogen and oxygen atoms in total. The predicted octanol–water partition coefficient (Wildman–Crippen LogP) is 8.31. The molecule has 0 amide bonds. The summed E-state index contributed by atoms with van der Waals surface area (Å²) in [7, 11) is 0. The summed E-state index contributed by atoms with van der Waals surface area (Å²) >= 11 is 0. The van der Waals surface area contributed by atoms with E-state index in [0.717, 1.165) is 39.0 Å². The molecule has 0 heterocycles. The van der Waals surface area contributed by atoms with E-state index in [9.17, 15) is 14.3 Å². The summed E-state index contributed by atoms with van der Waals surface area (Å²) in [6.45, 7) is 0. The van der Waals surface area contributed by atoms with Crippen LogP contribution in [0.5, 0.6) is 11.5 Å². The van der Waals surface area contributed by atoms with Gasteiger partial charge in [-0.3, -0.25) is 0 Å². The van der Waals surface area contributed by atoms with E-state index in [4.69, 9.17) is 4.74 Å². The van der Waals surface area contributed by atoms with E-state index in [1.807, 2.05) is 72.8 Å². The molecule has 0 unspecified atom stereocenters. The number of rotatable bonds is 6. The molecule has 0 saturated heterocycles. The lowest BCUT2D eigenvalue weighted by molar-refractivity contribution is 0.0696. The number of hydrogen-bond acceptors (Lipinski definition) is 2. The average Bonchev–Trinajstić information content (AvgIpc) is 2.88. The monoisotopic (exact) mass is 460 g/mol. The molecule has 0 fully saturated rings. The number of halogens is 1. The van der Waals surface area contributed by atoms with Crippen molar-refractivity contribution >= 4 is 28.9 Å². The fourth-order valence-corrected chi connectivity index (χ4v) is 3.94. The first-order valence-corrected chi connectivity index (χ1v) is 11.1. The summed E-state index contributed by atoms with van der Waals surface area (Å²) in [4.78, 5) is 11.8. The number of carbonyl (C=O) groups is 1. The van der Waals surface area contributed by atoms with Crippen molar-refractivity contribution in [2.45, 2.75) is 0 Å². The maximum Gasteiger partial charge on any atom is 0.336 e. The van der Waals surface area contributed by atoms with Crippen molar-refractivity contribution in [1.29, 1.82) is 0 Å². The van der Waals surface area contributed by atoms with E-state index in [2.05, 4.69) is 0 Å². The molecule has 0 spiro atoms. The number of hydrogen-bond donors (Lipinski definition) is 1. The highest BCUT2D eigenvalue weighted by Gasteiger charge is 2.10. The van der Waals surface area contributed by atoms with E-state index in [1.165, 1.54) is 12.1 Å². The molecule has 0 aliphatic heterocycles. The Kier molecular flexibility index (Phi) is 6.10. The fourth-order valence-electron chi connectivity index (χ4n) is 3.94. The summed E-state index contributed by atoms with van der Waals surface area (Å²) in [5.74, 6) is 0.227. The van der Waals surface area contributed by atoms with Crippen molar-refractivity contribution in [3.8, 4) is 22.6 Å². The van der Waals surface area contributed by atoms with Crippen molar-refractivity contribution in [2.75, 3.05) is 0 Å². The summed E-state index contributed by atoms with van der Waals surface area (Å²) in [5.41, 5.74) is 3.36. The van der Waals surface area contributed by atoms with Gasteiger partial charge in [-0.25, -0.2) is 9.18 Å². The van der Waals surface area contributed by atoms with Crippen LogP contribution in [0.3, 0.4) is 0 Å². The molecule has 4 heteroatoms. The zero-order valence-corrected chi connectivity index (χ0v) is 18.7. The van der Waals surface area contributed by atoms with Gasteiger partial charge in [0.2, 0.25) is 0 Å². The van der Waals surface area contributed by atoms with Gasteiger partial charge in [-0.2, -0.15) is 0 Å². The Morgan fingerprint density at radius 2 is 1.40 bits per heavy atom. The van der Waals surface area contributed by atoms with Crippen LogP contribution in [0.15, 0.2) is 109 Å². The van der Waals surface area contributed by atoms with Crippen molar-refractivity contribution in [3.05, 3.63) is 132 Å². The third-order valence-electron chi connectivity index (χ3n) is 5.73. The lowest BCUT2D eigenvalue weighted by atomic mass is 9.98. The second-order valence-corrected chi connectivity index (χ2v) is 8.13. The molecule has 0 atom stereocenters.